The average Bonchev–Trinajstić information content (AvgIpc) is 3.16. The molecule has 1 aliphatic rings. The molecule has 2 amide bonds. The number of carbonyl (C=O) groups excluding carboxylic acids is 2. The molecule has 3 aromatic carbocycles. The van der Waals surface area contributed by atoms with Gasteiger partial charge in [-0.3, -0.25) is 14.5 Å². The summed E-state index contributed by atoms with van der Waals surface area (Å²) in [5.41, 5.74) is 4.03. The van der Waals surface area contributed by atoms with Crippen LogP contribution in [0.5, 0.6) is 0 Å². The van der Waals surface area contributed by atoms with Crippen LogP contribution in [0.25, 0.3) is 0 Å². The number of anilines is 2. The van der Waals surface area contributed by atoms with Gasteiger partial charge in [0.05, 0.1) is 5.75 Å². The van der Waals surface area contributed by atoms with E-state index in [1.807, 2.05) is 35.2 Å². The molecule has 31 heavy (non-hydrogen) atoms. The second-order valence-corrected chi connectivity index (χ2v) is 8.83. The summed E-state index contributed by atoms with van der Waals surface area (Å²) in [6.07, 6.45) is 0. The van der Waals surface area contributed by atoms with E-state index in [-0.39, 0.29) is 23.0 Å². The number of nitrogens with one attached hydrogen (secondary N) is 1. The van der Waals surface area contributed by atoms with Crippen molar-refractivity contribution in [1.29, 1.82) is 0 Å². The molecule has 4 nitrogen and oxygen atoms in total. The fourth-order valence-electron chi connectivity index (χ4n) is 3.54. The summed E-state index contributed by atoms with van der Waals surface area (Å²) in [5, 5.41) is 2.69. The van der Waals surface area contributed by atoms with E-state index in [0.29, 0.717) is 22.9 Å². The molecule has 1 N–H and O–H groups in total. The Balaban J connectivity index is 1.56. The van der Waals surface area contributed by atoms with Crippen LogP contribution in [0.2, 0.25) is 0 Å². The lowest BCUT2D eigenvalue weighted by Gasteiger charge is -2.25. The van der Waals surface area contributed by atoms with Gasteiger partial charge < -0.3 is 5.32 Å². The minimum atomic E-state index is -0.386. The van der Waals surface area contributed by atoms with E-state index in [0.717, 1.165) is 11.3 Å². The molecule has 1 aliphatic heterocycles. The van der Waals surface area contributed by atoms with E-state index in [2.05, 4.69) is 31.3 Å². The van der Waals surface area contributed by atoms with Gasteiger partial charge in [0.1, 0.15) is 11.2 Å². The Morgan fingerprint density at radius 3 is 2.45 bits per heavy atom. The molecule has 0 unspecified atom stereocenters. The van der Waals surface area contributed by atoms with E-state index in [1.54, 1.807) is 17.8 Å². The Labute approximate surface area is 185 Å². The van der Waals surface area contributed by atoms with Gasteiger partial charge >= 0.3 is 0 Å². The van der Waals surface area contributed by atoms with E-state index in [4.69, 9.17) is 0 Å². The molecular formula is C25H23FN2O2S. The Bertz CT molecular complexity index is 1100. The third-order valence-corrected chi connectivity index (χ3v) is 6.45. The van der Waals surface area contributed by atoms with Crippen LogP contribution in [0.15, 0.2) is 72.8 Å². The SMILES string of the molecule is CC(C)c1ccc(N2C(=O)CS[C@@H]2c2cccc(NC(=O)c3ccc(F)cc3)c2)cc1. The number of halogens is 1. The van der Waals surface area contributed by atoms with Gasteiger partial charge in [0.25, 0.3) is 5.91 Å². The molecule has 6 heteroatoms. The van der Waals surface area contributed by atoms with Crippen molar-refractivity contribution >= 4 is 35.0 Å². The molecule has 0 spiro atoms. The molecule has 0 bridgehead atoms. The Hall–Kier alpha value is -3.12. The summed E-state index contributed by atoms with van der Waals surface area (Å²) >= 11 is 1.56. The van der Waals surface area contributed by atoms with Gasteiger partial charge in [-0.25, -0.2) is 4.39 Å². The van der Waals surface area contributed by atoms with Gasteiger partial charge in [-0.1, -0.05) is 38.1 Å². The molecular weight excluding hydrogens is 411 g/mol. The molecule has 1 saturated heterocycles. The third-order valence-electron chi connectivity index (χ3n) is 5.24. The molecule has 0 radical (unpaired) electrons. The van der Waals surface area contributed by atoms with Gasteiger partial charge in [0, 0.05) is 16.9 Å². The van der Waals surface area contributed by atoms with Gasteiger partial charge in [0.15, 0.2) is 0 Å². The first-order chi connectivity index (χ1) is 14.9. The zero-order chi connectivity index (χ0) is 22.0. The average molecular weight is 435 g/mol. The number of thioether (sulfide) groups is 1. The lowest BCUT2D eigenvalue weighted by molar-refractivity contribution is -0.115. The molecule has 0 aromatic heterocycles. The minimum Gasteiger partial charge on any atom is -0.322 e. The van der Waals surface area contributed by atoms with Crippen molar-refractivity contribution < 1.29 is 14.0 Å². The van der Waals surface area contributed by atoms with Crippen molar-refractivity contribution in [1.82, 2.24) is 0 Å². The molecule has 1 heterocycles. The van der Waals surface area contributed by atoms with Crippen molar-refractivity contribution in [3.8, 4) is 0 Å². The minimum absolute atomic E-state index is 0.0630. The van der Waals surface area contributed by atoms with E-state index in [9.17, 15) is 14.0 Å². The van der Waals surface area contributed by atoms with Crippen LogP contribution >= 0.6 is 11.8 Å². The first-order valence-electron chi connectivity index (χ1n) is 10.1. The zero-order valence-corrected chi connectivity index (χ0v) is 18.2. The number of benzene rings is 3. The van der Waals surface area contributed by atoms with E-state index < -0.39 is 0 Å². The highest BCUT2D eigenvalue weighted by molar-refractivity contribution is 8.00. The van der Waals surface area contributed by atoms with Gasteiger partial charge in [0.2, 0.25) is 5.91 Å². The van der Waals surface area contributed by atoms with Crippen molar-refractivity contribution in [2.45, 2.75) is 25.1 Å². The predicted octanol–water partition coefficient (Wildman–Crippen LogP) is 5.98. The molecule has 0 saturated carbocycles. The summed E-state index contributed by atoms with van der Waals surface area (Å²) < 4.78 is 13.1. The summed E-state index contributed by atoms with van der Waals surface area (Å²) in [6.45, 7) is 4.28. The van der Waals surface area contributed by atoms with E-state index in [1.165, 1.54) is 29.8 Å². The molecule has 0 aliphatic carbocycles. The van der Waals surface area contributed by atoms with Crippen LogP contribution < -0.4 is 10.2 Å². The fourth-order valence-corrected chi connectivity index (χ4v) is 4.71. The molecule has 158 valence electrons. The highest BCUT2D eigenvalue weighted by Crippen LogP contribution is 2.42. The maximum absolute atomic E-state index is 13.1. The molecule has 1 fully saturated rings. The summed E-state index contributed by atoms with van der Waals surface area (Å²) in [5.74, 6) is 0.197. The Morgan fingerprint density at radius 2 is 1.77 bits per heavy atom. The second-order valence-electron chi connectivity index (χ2n) is 7.76. The highest BCUT2D eigenvalue weighted by atomic mass is 32.2. The molecule has 3 aromatic rings. The normalized spacial score (nSPS) is 16.1. The standard InChI is InChI=1S/C25H23FN2O2S/c1-16(2)17-8-12-22(13-9-17)28-23(29)15-31-25(28)19-4-3-5-21(14-19)27-24(30)18-6-10-20(26)11-7-18/h3-14,16,25H,15H2,1-2H3,(H,27,30)/t25-/m1/s1. The largest absolute Gasteiger partial charge is 0.322 e. The predicted molar refractivity (Wildman–Crippen MR) is 124 cm³/mol. The van der Waals surface area contributed by atoms with Crippen LogP contribution in [0.1, 0.15) is 46.6 Å². The number of nitrogens with zero attached hydrogens (tertiary/aromatic N) is 1. The molecule has 4 rings (SSSR count). The number of carbonyl (C=O) groups is 2. The van der Waals surface area contributed by atoms with Crippen LogP contribution in [-0.4, -0.2) is 17.6 Å². The summed E-state index contributed by atoms with van der Waals surface area (Å²) in [6, 6.07) is 21.0. The number of hydrogen-bond acceptors (Lipinski definition) is 3. The van der Waals surface area contributed by atoms with Crippen molar-refractivity contribution in [2.24, 2.45) is 0 Å². The lowest BCUT2D eigenvalue weighted by Crippen LogP contribution is -2.27. The van der Waals surface area contributed by atoms with Gasteiger partial charge in [-0.2, -0.15) is 0 Å². The van der Waals surface area contributed by atoms with Crippen LogP contribution in [0, 0.1) is 5.82 Å². The zero-order valence-electron chi connectivity index (χ0n) is 17.3. The second kappa shape index (κ2) is 8.94. The first-order valence-corrected chi connectivity index (χ1v) is 11.2. The Morgan fingerprint density at radius 1 is 1.06 bits per heavy atom. The molecule has 1 atom stereocenters. The third kappa shape index (κ3) is 4.64. The first kappa shape index (κ1) is 21.1. The quantitative estimate of drug-likeness (QED) is 0.537. The highest BCUT2D eigenvalue weighted by Gasteiger charge is 2.34. The topological polar surface area (TPSA) is 49.4 Å². The van der Waals surface area contributed by atoms with Crippen molar-refractivity contribution in [3.63, 3.8) is 0 Å². The lowest BCUT2D eigenvalue weighted by atomic mass is 10.0. The van der Waals surface area contributed by atoms with Crippen LogP contribution in [-0.2, 0) is 4.79 Å². The van der Waals surface area contributed by atoms with Crippen LogP contribution in [0.3, 0.4) is 0 Å². The Kier molecular flexibility index (Phi) is 6.09. The fraction of sp³-hybridized carbons (Fsp3) is 0.200. The monoisotopic (exact) mass is 434 g/mol. The summed E-state index contributed by atoms with van der Waals surface area (Å²) in [7, 11) is 0. The maximum Gasteiger partial charge on any atom is 0.255 e. The van der Waals surface area contributed by atoms with E-state index >= 15 is 0 Å². The smallest absolute Gasteiger partial charge is 0.255 e. The number of rotatable bonds is 5. The number of amides is 2. The summed E-state index contributed by atoms with van der Waals surface area (Å²) in [4.78, 5) is 27.0. The number of hydrogen-bond donors (Lipinski definition) is 1. The van der Waals surface area contributed by atoms with Crippen LogP contribution in [0.4, 0.5) is 15.8 Å². The van der Waals surface area contributed by atoms with Crippen molar-refractivity contribution in [2.75, 3.05) is 16.0 Å². The van der Waals surface area contributed by atoms with Gasteiger partial charge in [-0.15, -0.1) is 11.8 Å². The van der Waals surface area contributed by atoms with Gasteiger partial charge in [-0.05, 0) is 65.6 Å². The maximum atomic E-state index is 13.1. The van der Waals surface area contributed by atoms with Crippen molar-refractivity contribution in [3.05, 3.63) is 95.3 Å².